The third-order valence-electron chi connectivity index (χ3n) is 3.65. The second-order valence-corrected chi connectivity index (χ2v) is 7.58. The number of hydrogen-bond donors (Lipinski definition) is 1. The van der Waals surface area contributed by atoms with E-state index < -0.39 is 14.8 Å². The van der Waals surface area contributed by atoms with Crippen LogP contribution in [0.4, 0.5) is 11.4 Å². The van der Waals surface area contributed by atoms with E-state index in [1.807, 2.05) is 6.92 Å². The SMILES string of the molecule is Cc1cc(C)c([N+](=O)[O-])cc1NC1CCS(=O)(=O)CC1. The van der Waals surface area contributed by atoms with Crippen LogP contribution in [0.1, 0.15) is 24.0 Å². The summed E-state index contributed by atoms with van der Waals surface area (Å²) in [7, 11) is -2.89. The lowest BCUT2D eigenvalue weighted by Crippen LogP contribution is -2.32. The lowest BCUT2D eigenvalue weighted by Gasteiger charge is -2.25. The van der Waals surface area contributed by atoms with Crippen molar-refractivity contribution in [2.24, 2.45) is 0 Å². The van der Waals surface area contributed by atoms with Crippen molar-refractivity contribution in [3.8, 4) is 0 Å². The number of nitro benzene ring substituents is 1. The summed E-state index contributed by atoms with van der Waals surface area (Å²) >= 11 is 0. The lowest BCUT2D eigenvalue weighted by atomic mass is 10.1. The normalized spacial score (nSPS) is 18.7. The molecule has 1 saturated heterocycles. The van der Waals surface area contributed by atoms with Gasteiger partial charge in [-0.1, -0.05) is 0 Å². The van der Waals surface area contributed by atoms with E-state index in [1.165, 1.54) is 6.07 Å². The fourth-order valence-electron chi connectivity index (χ4n) is 2.45. The molecular formula is C13H18N2O4S. The maximum atomic E-state index is 11.4. The highest BCUT2D eigenvalue weighted by molar-refractivity contribution is 7.91. The first kappa shape index (κ1) is 14.8. The smallest absolute Gasteiger partial charge is 0.274 e. The highest BCUT2D eigenvalue weighted by atomic mass is 32.2. The molecular weight excluding hydrogens is 280 g/mol. The van der Waals surface area contributed by atoms with E-state index in [-0.39, 0.29) is 23.2 Å². The largest absolute Gasteiger partial charge is 0.382 e. The minimum atomic E-state index is -2.89. The Labute approximate surface area is 118 Å². The number of nitrogens with one attached hydrogen (secondary N) is 1. The van der Waals surface area contributed by atoms with Crippen LogP contribution in [0.3, 0.4) is 0 Å². The number of hydrogen-bond acceptors (Lipinski definition) is 5. The molecule has 7 heteroatoms. The van der Waals surface area contributed by atoms with Crippen molar-refractivity contribution < 1.29 is 13.3 Å². The number of anilines is 1. The van der Waals surface area contributed by atoms with Gasteiger partial charge in [0.15, 0.2) is 0 Å². The second kappa shape index (κ2) is 5.40. The number of nitrogens with zero attached hydrogens (tertiary/aromatic N) is 1. The molecule has 1 heterocycles. The zero-order valence-electron chi connectivity index (χ0n) is 11.5. The van der Waals surface area contributed by atoms with Crippen molar-refractivity contribution in [1.29, 1.82) is 0 Å². The molecule has 6 nitrogen and oxygen atoms in total. The Morgan fingerprint density at radius 1 is 1.20 bits per heavy atom. The van der Waals surface area contributed by atoms with Crippen molar-refractivity contribution in [3.05, 3.63) is 33.4 Å². The van der Waals surface area contributed by atoms with Gasteiger partial charge >= 0.3 is 0 Å². The Bertz CT molecular complexity index is 626. The Kier molecular flexibility index (Phi) is 3.99. The summed E-state index contributed by atoms with van der Waals surface area (Å²) in [4.78, 5) is 10.6. The first-order valence-electron chi connectivity index (χ1n) is 6.51. The molecule has 0 bridgehead atoms. The van der Waals surface area contributed by atoms with Gasteiger partial charge in [0.1, 0.15) is 9.84 Å². The molecule has 2 rings (SSSR count). The van der Waals surface area contributed by atoms with Crippen molar-refractivity contribution in [2.75, 3.05) is 16.8 Å². The lowest BCUT2D eigenvalue weighted by molar-refractivity contribution is -0.385. The van der Waals surface area contributed by atoms with Gasteiger partial charge in [-0.2, -0.15) is 0 Å². The van der Waals surface area contributed by atoms with Crippen LogP contribution < -0.4 is 5.32 Å². The summed E-state index contributed by atoms with van der Waals surface area (Å²) in [6, 6.07) is 3.37. The van der Waals surface area contributed by atoms with Gasteiger partial charge in [-0.15, -0.1) is 0 Å². The molecule has 1 aromatic carbocycles. The maximum absolute atomic E-state index is 11.4. The van der Waals surface area contributed by atoms with Crippen LogP contribution in [-0.2, 0) is 9.84 Å². The number of nitro groups is 1. The fourth-order valence-corrected chi connectivity index (χ4v) is 3.94. The first-order chi connectivity index (χ1) is 9.28. The molecule has 0 amide bonds. The van der Waals surface area contributed by atoms with Crippen LogP contribution in [0.5, 0.6) is 0 Å². The van der Waals surface area contributed by atoms with Gasteiger partial charge in [0.2, 0.25) is 0 Å². The summed E-state index contributed by atoms with van der Waals surface area (Å²) in [5.41, 5.74) is 2.36. The van der Waals surface area contributed by atoms with Crippen LogP contribution in [0, 0.1) is 24.0 Å². The molecule has 0 atom stereocenters. The van der Waals surface area contributed by atoms with Crippen LogP contribution in [0.2, 0.25) is 0 Å². The van der Waals surface area contributed by atoms with Crippen LogP contribution >= 0.6 is 0 Å². The maximum Gasteiger partial charge on any atom is 0.274 e. The first-order valence-corrected chi connectivity index (χ1v) is 8.33. The summed E-state index contributed by atoms with van der Waals surface area (Å²) < 4.78 is 22.8. The third-order valence-corrected chi connectivity index (χ3v) is 5.37. The fraction of sp³-hybridized carbons (Fsp3) is 0.538. The minimum Gasteiger partial charge on any atom is -0.382 e. The quantitative estimate of drug-likeness (QED) is 0.682. The summed E-state index contributed by atoms with van der Waals surface area (Å²) in [6.07, 6.45) is 1.09. The van der Waals surface area contributed by atoms with Gasteiger partial charge in [0.05, 0.1) is 16.4 Å². The van der Waals surface area contributed by atoms with Crippen LogP contribution in [0.25, 0.3) is 0 Å². The van der Waals surface area contributed by atoms with Crippen molar-refractivity contribution >= 4 is 21.2 Å². The Morgan fingerprint density at radius 2 is 1.80 bits per heavy atom. The summed E-state index contributed by atoms with van der Waals surface area (Å²) in [5, 5.41) is 14.2. The average molecular weight is 298 g/mol. The van der Waals surface area contributed by atoms with Gasteiger partial charge in [0, 0.05) is 23.4 Å². The average Bonchev–Trinajstić information content (AvgIpc) is 2.34. The van der Waals surface area contributed by atoms with E-state index in [1.54, 1.807) is 13.0 Å². The highest BCUT2D eigenvalue weighted by Gasteiger charge is 2.24. The highest BCUT2D eigenvalue weighted by Crippen LogP contribution is 2.28. The Hall–Kier alpha value is -1.63. The summed E-state index contributed by atoms with van der Waals surface area (Å²) in [6.45, 7) is 3.60. The molecule has 1 N–H and O–H groups in total. The molecule has 1 aliphatic rings. The monoisotopic (exact) mass is 298 g/mol. The molecule has 1 aromatic rings. The molecule has 20 heavy (non-hydrogen) atoms. The molecule has 0 spiro atoms. The molecule has 0 saturated carbocycles. The van der Waals surface area contributed by atoms with Crippen LogP contribution in [0.15, 0.2) is 12.1 Å². The zero-order chi connectivity index (χ0) is 14.9. The van der Waals surface area contributed by atoms with Gasteiger partial charge < -0.3 is 5.32 Å². The van der Waals surface area contributed by atoms with E-state index in [9.17, 15) is 18.5 Å². The number of aryl methyl sites for hydroxylation is 2. The second-order valence-electron chi connectivity index (χ2n) is 5.28. The molecule has 0 radical (unpaired) electrons. The van der Waals surface area contributed by atoms with Crippen LogP contribution in [-0.4, -0.2) is 30.9 Å². The third kappa shape index (κ3) is 3.27. The molecule has 1 aliphatic heterocycles. The minimum absolute atomic E-state index is 0.0551. The van der Waals surface area contributed by atoms with E-state index in [0.29, 0.717) is 24.1 Å². The molecule has 0 aromatic heterocycles. The predicted molar refractivity (Wildman–Crippen MR) is 77.9 cm³/mol. The van der Waals surface area contributed by atoms with Gasteiger partial charge in [-0.3, -0.25) is 10.1 Å². The van der Waals surface area contributed by atoms with E-state index in [0.717, 1.165) is 5.56 Å². The number of benzene rings is 1. The molecule has 110 valence electrons. The van der Waals surface area contributed by atoms with Crippen molar-refractivity contribution in [2.45, 2.75) is 32.7 Å². The van der Waals surface area contributed by atoms with E-state index in [2.05, 4.69) is 5.32 Å². The van der Waals surface area contributed by atoms with Gasteiger partial charge in [-0.25, -0.2) is 8.42 Å². The summed E-state index contributed by atoms with van der Waals surface area (Å²) in [5.74, 6) is 0.356. The molecule has 0 aliphatic carbocycles. The molecule has 0 unspecified atom stereocenters. The van der Waals surface area contributed by atoms with Gasteiger partial charge in [0.25, 0.3) is 5.69 Å². The number of sulfone groups is 1. The molecule has 1 fully saturated rings. The standard InChI is InChI=1S/C13H18N2O4S/c1-9-7-10(2)13(15(16)17)8-12(9)14-11-3-5-20(18,19)6-4-11/h7-8,11,14H,3-6H2,1-2H3. The van der Waals surface area contributed by atoms with Crippen molar-refractivity contribution in [3.63, 3.8) is 0 Å². The van der Waals surface area contributed by atoms with Crippen molar-refractivity contribution in [1.82, 2.24) is 0 Å². The van der Waals surface area contributed by atoms with Gasteiger partial charge in [-0.05, 0) is 38.3 Å². The Morgan fingerprint density at radius 3 is 2.35 bits per heavy atom. The Balaban J connectivity index is 2.18. The zero-order valence-corrected chi connectivity index (χ0v) is 12.4. The number of rotatable bonds is 3. The predicted octanol–water partition coefficient (Wildman–Crippen LogP) is 2.20. The topological polar surface area (TPSA) is 89.3 Å². The van der Waals surface area contributed by atoms with E-state index >= 15 is 0 Å². The van der Waals surface area contributed by atoms with E-state index in [4.69, 9.17) is 0 Å².